The van der Waals surface area contributed by atoms with E-state index in [1.54, 1.807) is 0 Å². The second-order valence-electron chi connectivity index (χ2n) is 6.05. The highest BCUT2D eigenvalue weighted by atomic mass is 16.5. The minimum Gasteiger partial charge on any atom is -0.484 e. The van der Waals surface area contributed by atoms with Gasteiger partial charge in [-0.05, 0) is 43.9 Å². The molecule has 1 aromatic carbocycles. The summed E-state index contributed by atoms with van der Waals surface area (Å²) in [5.74, 6) is 2.14. The summed E-state index contributed by atoms with van der Waals surface area (Å²) >= 11 is 0. The van der Waals surface area contributed by atoms with Crippen molar-refractivity contribution < 1.29 is 9.53 Å². The molecule has 0 radical (unpaired) electrons. The van der Waals surface area contributed by atoms with Crippen molar-refractivity contribution in [1.82, 2.24) is 16.0 Å². The lowest BCUT2D eigenvalue weighted by Crippen LogP contribution is -2.39. The van der Waals surface area contributed by atoms with Gasteiger partial charge < -0.3 is 20.7 Å². The number of carbonyl (C=O) groups is 1. The molecule has 1 saturated carbocycles. The third kappa shape index (κ3) is 6.10. The molecule has 0 aliphatic heterocycles. The average molecular weight is 332 g/mol. The van der Waals surface area contributed by atoms with Crippen molar-refractivity contribution >= 4 is 11.9 Å². The van der Waals surface area contributed by atoms with Crippen molar-refractivity contribution in [2.24, 2.45) is 10.9 Å². The van der Waals surface area contributed by atoms with Gasteiger partial charge in [-0.25, -0.2) is 4.99 Å². The van der Waals surface area contributed by atoms with Gasteiger partial charge in [0.05, 0.1) is 6.54 Å². The molecule has 6 heteroatoms. The lowest BCUT2D eigenvalue weighted by Gasteiger charge is -2.11. The Balaban J connectivity index is 1.89. The number of guanidine groups is 1. The first-order valence-corrected chi connectivity index (χ1v) is 8.65. The fraction of sp³-hybridized carbons (Fsp3) is 0.556. The topological polar surface area (TPSA) is 74.8 Å². The molecule has 0 heterocycles. The third-order valence-electron chi connectivity index (χ3n) is 3.84. The Morgan fingerprint density at radius 1 is 1.29 bits per heavy atom. The quantitative estimate of drug-likeness (QED) is 0.500. The number of rotatable bonds is 8. The first-order chi connectivity index (χ1) is 11.6. The molecular weight excluding hydrogens is 304 g/mol. The summed E-state index contributed by atoms with van der Waals surface area (Å²) in [4.78, 5) is 16.1. The van der Waals surface area contributed by atoms with Gasteiger partial charge in [-0.2, -0.15) is 0 Å². The molecular formula is C18H28N4O2. The van der Waals surface area contributed by atoms with Crippen LogP contribution in [-0.2, 0) is 11.3 Å². The predicted molar refractivity (Wildman–Crippen MR) is 96.1 cm³/mol. The highest BCUT2D eigenvalue weighted by Crippen LogP contribution is 2.28. The largest absolute Gasteiger partial charge is 0.484 e. The zero-order chi connectivity index (χ0) is 17.4. The minimum atomic E-state index is -0.113. The third-order valence-corrected chi connectivity index (χ3v) is 3.84. The molecule has 0 saturated heterocycles. The molecule has 24 heavy (non-hydrogen) atoms. The van der Waals surface area contributed by atoms with Crippen LogP contribution in [0, 0.1) is 5.92 Å². The normalized spacial score (nSPS) is 19.5. The van der Waals surface area contributed by atoms with E-state index < -0.39 is 0 Å². The van der Waals surface area contributed by atoms with E-state index in [1.807, 2.05) is 31.2 Å². The van der Waals surface area contributed by atoms with E-state index in [-0.39, 0.29) is 12.5 Å². The Morgan fingerprint density at radius 3 is 2.71 bits per heavy atom. The fourth-order valence-corrected chi connectivity index (χ4v) is 2.32. The standard InChI is InChI=1S/C18H28N4O2/c1-4-19-17(23)12-24-15-8-6-7-14(10-15)11-21-18(20-5-2)22-16-9-13(16)3/h6-8,10,13,16H,4-5,9,11-12H2,1-3H3,(H,19,23)(H2,20,21,22). The zero-order valence-corrected chi connectivity index (χ0v) is 14.8. The summed E-state index contributed by atoms with van der Waals surface area (Å²) in [7, 11) is 0. The number of nitrogens with one attached hydrogen (secondary N) is 3. The molecule has 0 bridgehead atoms. The van der Waals surface area contributed by atoms with Crippen molar-refractivity contribution in [3.8, 4) is 5.75 Å². The summed E-state index contributed by atoms with van der Waals surface area (Å²) in [6, 6.07) is 8.23. The molecule has 1 aliphatic carbocycles. The maximum Gasteiger partial charge on any atom is 0.257 e. The van der Waals surface area contributed by atoms with Crippen molar-refractivity contribution in [2.75, 3.05) is 19.7 Å². The van der Waals surface area contributed by atoms with Crippen molar-refractivity contribution in [3.05, 3.63) is 29.8 Å². The number of likely N-dealkylation sites (N-methyl/N-ethyl adjacent to an activating group) is 1. The maximum absolute atomic E-state index is 11.4. The first-order valence-electron chi connectivity index (χ1n) is 8.65. The number of aliphatic imine (C=N–C) groups is 1. The van der Waals surface area contributed by atoms with Crippen molar-refractivity contribution in [1.29, 1.82) is 0 Å². The van der Waals surface area contributed by atoms with E-state index in [0.717, 1.165) is 24.0 Å². The number of amides is 1. The van der Waals surface area contributed by atoms with Crippen LogP contribution in [-0.4, -0.2) is 37.6 Å². The number of ether oxygens (including phenoxy) is 1. The Hall–Kier alpha value is -2.24. The first kappa shape index (κ1) is 18.1. The second kappa shape index (κ2) is 9.15. The number of hydrogen-bond donors (Lipinski definition) is 3. The van der Waals surface area contributed by atoms with Crippen LogP contribution in [0.5, 0.6) is 5.75 Å². The molecule has 1 amide bonds. The van der Waals surface area contributed by atoms with Gasteiger partial charge in [0.1, 0.15) is 5.75 Å². The van der Waals surface area contributed by atoms with Gasteiger partial charge in [0.25, 0.3) is 5.91 Å². The van der Waals surface area contributed by atoms with Crippen LogP contribution in [0.1, 0.15) is 32.8 Å². The summed E-state index contributed by atoms with van der Waals surface area (Å²) < 4.78 is 5.51. The van der Waals surface area contributed by atoms with Gasteiger partial charge in [0.2, 0.25) is 0 Å². The Labute approximate surface area is 144 Å². The van der Waals surface area contributed by atoms with Crippen LogP contribution in [0.4, 0.5) is 0 Å². The van der Waals surface area contributed by atoms with E-state index in [9.17, 15) is 4.79 Å². The van der Waals surface area contributed by atoms with Crippen molar-refractivity contribution in [2.45, 2.75) is 39.8 Å². The summed E-state index contributed by atoms with van der Waals surface area (Å²) in [6.45, 7) is 8.22. The van der Waals surface area contributed by atoms with Gasteiger partial charge >= 0.3 is 0 Å². The van der Waals surface area contributed by atoms with Crippen LogP contribution in [0.15, 0.2) is 29.3 Å². The van der Waals surface area contributed by atoms with E-state index >= 15 is 0 Å². The fourth-order valence-electron chi connectivity index (χ4n) is 2.32. The molecule has 2 atom stereocenters. The molecule has 6 nitrogen and oxygen atoms in total. The summed E-state index contributed by atoms with van der Waals surface area (Å²) in [6.07, 6.45) is 1.20. The van der Waals surface area contributed by atoms with E-state index in [1.165, 1.54) is 6.42 Å². The number of hydrogen-bond acceptors (Lipinski definition) is 3. The second-order valence-corrected chi connectivity index (χ2v) is 6.05. The van der Waals surface area contributed by atoms with Crippen LogP contribution in [0.25, 0.3) is 0 Å². The lowest BCUT2D eigenvalue weighted by atomic mass is 10.2. The van der Waals surface area contributed by atoms with Gasteiger partial charge in [0, 0.05) is 19.1 Å². The average Bonchev–Trinajstić information content (AvgIpc) is 3.26. The van der Waals surface area contributed by atoms with Gasteiger partial charge in [-0.3, -0.25) is 4.79 Å². The molecule has 0 aromatic heterocycles. The van der Waals surface area contributed by atoms with E-state index in [2.05, 4.69) is 34.8 Å². The van der Waals surface area contributed by atoms with Crippen LogP contribution in [0.3, 0.4) is 0 Å². The summed E-state index contributed by atoms with van der Waals surface area (Å²) in [5.41, 5.74) is 1.05. The highest BCUT2D eigenvalue weighted by Gasteiger charge is 2.33. The molecule has 1 aliphatic rings. The SMILES string of the molecule is CCNC(=O)COc1cccc(CN=C(NCC)NC2CC2C)c1. The maximum atomic E-state index is 11.4. The number of carbonyl (C=O) groups excluding carboxylic acids is 1. The highest BCUT2D eigenvalue weighted by molar-refractivity contribution is 5.80. The monoisotopic (exact) mass is 332 g/mol. The number of benzene rings is 1. The van der Waals surface area contributed by atoms with Crippen LogP contribution < -0.4 is 20.7 Å². The van der Waals surface area contributed by atoms with E-state index in [0.29, 0.717) is 24.9 Å². The predicted octanol–water partition coefficient (Wildman–Crippen LogP) is 1.66. The Bertz CT molecular complexity index is 574. The summed E-state index contributed by atoms with van der Waals surface area (Å²) in [5, 5.41) is 9.41. The lowest BCUT2D eigenvalue weighted by molar-refractivity contribution is -0.122. The van der Waals surface area contributed by atoms with Gasteiger partial charge in [-0.1, -0.05) is 19.1 Å². The molecule has 1 fully saturated rings. The number of nitrogens with zero attached hydrogens (tertiary/aromatic N) is 1. The van der Waals surface area contributed by atoms with Crippen molar-refractivity contribution in [3.63, 3.8) is 0 Å². The van der Waals surface area contributed by atoms with Gasteiger partial charge in [0.15, 0.2) is 12.6 Å². The molecule has 3 N–H and O–H groups in total. The molecule has 132 valence electrons. The Morgan fingerprint density at radius 2 is 2.04 bits per heavy atom. The van der Waals surface area contributed by atoms with Crippen LogP contribution in [0.2, 0.25) is 0 Å². The zero-order valence-electron chi connectivity index (χ0n) is 14.8. The molecule has 2 rings (SSSR count). The smallest absolute Gasteiger partial charge is 0.257 e. The van der Waals surface area contributed by atoms with Gasteiger partial charge in [-0.15, -0.1) is 0 Å². The van der Waals surface area contributed by atoms with Crippen LogP contribution >= 0.6 is 0 Å². The molecule has 2 unspecified atom stereocenters. The Kier molecular flexibility index (Phi) is 6.90. The minimum absolute atomic E-state index is 0.0321. The van der Waals surface area contributed by atoms with E-state index in [4.69, 9.17) is 4.74 Å². The molecule has 0 spiro atoms. The molecule has 1 aromatic rings.